The molecule has 1 atom stereocenters. The summed E-state index contributed by atoms with van der Waals surface area (Å²) in [6.45, 7) is 2.48. The first kappa shape index (κ1) is 16.3. The van der Waals surface area contributed by atoms with Crippen molar-refractivity contribution in [3.05, 3.63) is 46.5 Å². The van der Waals surface area contributed by atoms with Crippen molar-refractivity contribution in [3.8, 4) is 5.75 Å². The van der Waals surface area contributed by atoms with Crippen molar-refractivity contribution in [3.63, 3.8) is 0 Å². The number of aromatic nitrogens is 2. The molecule has 3 rings (SSSR count). The minimum atomic E-state index is -0.185. The summed E-state index contributed by atoms with van der Waals surface area (Å²) in [6.07, 6.45) is 4.45. The van der Waals surface area contributed by atoms with Crippen LogP contribution in [0.25, 0.3) is 10.9 Å². The lowest BCUT2D eigenvalue weighted by atomic mass is 10.1. The Labute approximate surface area is 144 Å². The largest absolute Gasteiger partial charge is 0.497 e. The number of thiazole rings is 1. The molecule has 2 amide bonds. The van der Waals surface area contributed by atoms with Crippen molar-refractivity contribution >= 4 is 28.3 Å². The Kier molecular flexibility index (Phi) is 5.00. The van der Waals surface area contributed by atoms with Crippen molar-refractivity contribution in [1.82, 2.24) is 20.6 Å². The molecule has 0 saturated carbocycles. The maximum atomic E-state index is 12.0. The first-order chi connectivity index (χ1) is 11.7. The van der Waals surface area contributed by atoms with Gasteiger partial charge in [-0.15, -0.1) is 11.3 Å². The highest BCUT2D eigenvalue weighted by Gasteiger charge is 2.11. The summed E-state index contributed by atoms with van der Waals surface area (Å²) in [5.74, 6) is 0.825. The van der Waals surface area contributed by atoms with E-state index < -0.39 is 0 Å². The summed E-state index contributed by atoms with van der Waals surface area (Å²) in [4.78, 5) is 19.4. The second kappa shape index (κ2) is 7.35. The normalized spacial score (nSPS) is 12.1. The number of rotatable bonds is 6. The molecule has 2 aromatic heterocycles. The number of methoxy groups -OCH3 is 1. The second-order valence-electron chi connectivity index (χ2n) is 5.47. The summed E-state index contributed by atoms with van der Waals surface area (Å²) in [7, 11) is 1.66. The van der Waals surface area contributed by atoms with Crippen LogP contribution in [0.2, 0.25) is 0 Å². The number of carbonyl (C=O) groups is 1. The molecule has 24 heavy (non-hydrogen) atoms. The molecule has 0 unspecified atom stereocenters. The number of carbonyl (C=O) groups excluding carboxylic acids is 1. The topological polar surface area (TPSA) is 79.0 Å². The fourth-order valence-electron chi connectivity index (χ4n) is 2.56. The summed E-state index contributed by atoms with van der Waals surface area (Å²) in [5, 5.41) is 9.69. The van der Waals surface area contributed by atoms with Gasteiger partial charge in [0.15, 0.2) is 0 Å². The van der Waals surface area contributed by atoms with E-state index in [2.05, 4.69) is 20.6 Å². The molecule has 0 aliphatic carbocycles. The molecule has 7 heteroatoms. The average Bonchev–Trinajstić information content (AvgIpc) is 3.24. The van der Waals surface area contributed by atoms with Crippen LogP contribution in [0.5, 0.6) is 5.75 Å². The predicted molar refractivity (Wildman–Crippen MR) is 95.6 cm³/mol. The number of nitrogens with one attached hydrogen (secondary N) is 3. The van der Waals surface area contributed by atoms with E-state index in [1.807, 2.05) is 36.7 Å². The Bertz CT molecular complexity index is 813. The Hall–Kier alpha value is -2.54. The maximum Gasteiger partial charge on any atom is 0.315 e. The Morgan fingerprint density at radius 1 is 1.46 bits per heavy atom. The van der Waals surface area contributed by atoms with E-state index in [1.54, 1.807) is 13.3 Å². The number of H-pyrrole nitrogens is 1. The third-order valence-corrected chi connectivity index (χ3v) is 4.78. The number of fused-ring (bicyclic) bond motifs is 1. The lowest BCUT2D eigenvalue weighted by Crippen LogP contribution is -2.38. The van der Waals surface area contributed by atoms with Crippen LogP contribution in [0.15, 0.2) is 36.0 Å². The minimum Gasteiger partial charge on any atom is -0.497 e. The first-order valence-electron chi connectivity index (χ1n) is 7.75. The van der Waals surface area contributed by atoms with Crippen molar-refractivity contribution in [2.24, 2.45) is 0 Å². The van der Waals surface area contributed by atoms with Gasteiger partial charge in [0.2, 0.25) is 0 Å². The molecular weight excluding hydrogens is 324 g/mol. The number of hydrogen-bond acceptors (Lipinski definition) is 4. The van der Waals surface area contributed by atoms with Crippen LogP contribution in [0.1, 0.15) is 23.5 Å². The molecule has 126 valence electrons. The monoisotopic (exact) mass is 344 g/mol. The average molecular weight is 344 g/mol. The third kappa shape index (κ3) is 3.68. The van der Waals surface area contributed by atoms with Crippen LogP contribution < -0.4 is 15.4 Å². The molecule has 2 heterocycles. The molecule has 3 aromatic rings. The zero-order valence-electron chi connectivity index (χ0n) is 13.6. The summed E-state index contributed by atoms with van der Waals surface area (Å²) in [6, 6.07) is 5.64. The van der Waals surface area contributed by atoms with Crippen LogP contribution in [0.3, 0.4) is 0 Å². The highest BCUT2D eigenvalue weighted by molar-refractivity contribution is 7.09. The van der Waals surface area contributed by atoms with E-state index in [1.165, 1.54) is 11.3 Å². The van der Waals surface area contributed by atoms with Gasteiger partial charge in [0.25, 0.3) is 0 Å². The standard InChI is InChI=1S/C17H20N4O2S/c1-11(16-18-7-8-24-16)21-17(22)19-6-5-12-10-20-15-4-3-13(23-2)9-14(12)15/h3-4,7-11,20H,5-6H2,1-2H3,(H2,19,21,22)/t11-/m1/s1. The van der Waals surface area contributed by atoms with E-state index in [-0.39, 0.29) is 12.1 Å². The zero-order valence-corrected chi connectivity index (χ0v) is 14.4. The van der Waals surface area contributed by atoms with Crippen LogP contribution in [-0.2, 0) is 6.42 Å². The fourth-order valence-corrected chi connectivity index (χ4v) is 3.21. The molecule has 0 aliphatic heterocycles. The molecule has 6 nitrogen and oxygen atoms in total. The maximum absolute atomic E-state index is 12.0. The summed E-state index contributed by atoms with van der Waals surface area (Å²) < 4.78 is 5.27. The van der Waals surface area contributed by atoms with Crippen molar-refractivity contribution in [2.45, 2.75) is 19.4 Å². The van der Waals surface area contributed by atoms with E-state index in [4.69, 9.17) is 4.74 Å². The molecule has 1 aromatic carbocycles. The van der Waals surface area contributed by atoms with Crippen LogP contribution >= 0.6 is 11.3 Å². The van der Waals surface area contributed by atoms with Gasteiger partial charge in [-0.1, -0.05) is 0 Å². The molecule has 0 saturated heterocycles. The molecule has 0 radical (unpaired) electrons. The third-order valence-electron chi connectivity index (χ3n) is 3.82. The first-order valence-corrected chi connectivity index (χ1v) is 8.63. The number of aromatic amines is 1. The fraction of sp³-hybridized carbons (Fsp3) is 0.294. The van der Waals surface area contributed by atoms with Crippen molar-refractivity contribution in [2.75, 3.05) is 13.7 Å². The molecule has 3 N–H and O–H groups in total. The van der Waals surface area contributed by atoms with Crippen LogP contribution in [0, 0.1) is 0 Å². The second-order valence-corrected chi connectivity index (χ2v) is 6.39. The SMILES string of the molecule is COc1ccc2[nH]cc(CCNC(=O)N[C@H](C)c3nccs3)c2c1. The van der Waals surface area contributed by atoms with Gasteiger partial charge in [-0.2, -0.15) is 0 Å². The van der Waals surface area contributed by atoms with Crippen LogP contribution in [0.4, 0.5) is 4.79 Å². The molecular formula is C17H20N4O2S. The molecule has 0 bridgehead atoms. The molecule has 0 aliphatic rings. The van der Waals surface area contributed by atoms with Gasteiger partial charge in [-0.05, 0) is 37.1 Å². The van der Waals surface area contributed by atoms with Gasteiger partial charge in [-0.25, -0.2) is 9.78 Å². The number of amides is 2. The number of ether oxygens (including phenoxy) is 1. The number of benzene rings is 1. The Morgan fingerprint density at radius 3 is 3.08 bits per heavy atom. The van der Waals surface area contributed by atoms with Gasteiger partial charge in [-0.3, -0.25) is 0 Å². The van der Waals surface area contributed by atoms with E-state index >= 15 is 0 Å². The smallest absolute Gasteiger partial charge is 0.315 e. The molecule has 0 spiro atoms. The van der Waals surface area contributed by atoms with Gasteiger partial charge >= 0.3 is 6.03 Å². The van der Waals surface area contributed by atoms with Gasteiger partial charge in [0.05, 0.1) is 13.2 Å². The van der Waals surface area contributed by atoms with Gasteiger partial charge in [0.1, 0.15) is 10.8 Å². The van der Waals surface area contributed by atoms with E-state index in [0.29, 0.717) is 6.54 Å². The highest BCUT2D eigenvalue weighted by atomic mass is 32.1. The minimum absolute atomic E-state index is 0.0950. The van der Waals surface area contributed by atoms with E-state index in [9.17, 15) is 4.79 Å². The zero-order chi connectivity index (χ0) is 16.9. The molecule has 0 fully saturated rings. The van der Waals surface area contributed by atoms with Gasteiger partial charge < -0.3 is 20.4 Å². The van der Waals surface area contributed by atoms with E-state index in [0.717, 1.165) is 33.6 Å². The predicted octanol–water partition coefficient (Wildman–Crippen LogP) is 3.24. The summed E-state index contributed by atoms with van der Waals surface area (Å²) >= 11 is 1.53. The van der Waals surface area contributed by atoms with Crippen molar-refractivity contribution < 1.29 is 9.53 Å². The van der Waals surface area contributed by atoms with Crippen molar-refractivity contribution in [1.29, 1.82) is 0 Å². The quantitative estimate of drug-likeness (QED) is 0.642. The Balaban J connectivity index is 1.53. The van der Waals surface area contributed by atoms with Gasteiger partial charge in [0, 0.05) is 35.2 Å². The number of nitrogens with zero attached hydrogens (tertiary/aromatic N) is 1. The highest BCUT2D eigenvalue weighted by Crippen LogP contribution is 2.23. The number of urea groups is 1. The lowest BCUT2D eigenvalue weighted by Gasteiger charge is -2.12. The number of hydrogen-bond donors (Lipinski definition) is 3. The Morgan fingerprint density at radius 2 is 2.33 bits per heavy atom. The van der Waals surface area contributed by atoms with Crippen LogP contribution in [-0.4, -0.2) is 29.7 Å². The lowest BCUT2D eigenvalue weighted by molar-refractivity contribution is 0.238. The summed E-state index contributed by atoms with van der Waals surface area (Å²) in [5.41, 5.74) is 2.21.